The Labute approximate surface area is 264 Å². The van der Waals surface area contributed by atoms with E-state index in [1.165, 1.54) is 88.0 Å². The van der Waals surface area contributed by atoms with E-state index in [0.717, 1.165) is 0 Å². The van der Waals surface area contributed by atoms with E-state index in [1.54, 1.807) is 0 Å². The van der Waals surface area contributed by atoms with Gasteiger partial charge in [-0.1, -0.05) is 135 Å². The summed E-state index contributed by atoms with van der Waals surface area (Å²) >= 11 is 0. The molecule has 8 aromatic carbocycles. The fraction of sp³-hybridized carbons (Fsp3) is 0.0667. The van der Waals surface area contributed by atoms with Crippen LogP contribution in [0.5, 0.6) is 0 Å². The highest BCUT2D eigenvalue weighted by Crippen LogP contribution is 2.51. The molecule has 0 unspecified atom stereocenters. The monoisotopic (exact) mass is 572 g/mol. The Morgan fingerprint density at radius 1 is 0.311 bits per heavy atom. The van der Waals surface area contributed by atoms with Crippen LogP contribution in [-0.2, 0) is 5.41 Å². The smallest absolute Gasteiger partial charge is 0.0159 e. The zero-order valence-electron chi connectivity index (χ0n) is 25.5. The van der Waals surface area contributed by atoms with Crippen LogP contribution in [0.2, 0.25) is 0 Å². The molecule has 0 N–H and O–H groups in total. The van der Waals surface area contributed by atoms with Crippen molar-refractivity contribution in [2.75, 3.05) is 0 Å². The molecular weight excluding hydrogens is 540 g/mol. The average Bonchev–Trinajstić information content (AvgIpc) is 3.31. The third-order valence-electron chi connectivity index (χ3n) is 10.0. The largest absolute Gasteiger partial charge is 0.0616 e. The summed E-state index contributed by atoms with van der Waals surface area (Å²) in [4.78, 5) is 0. The lowest BCUT2D eigenvalue weighted by molar-refractivity contribution is 0.661. The topological polar surface area (TPSA) is 0 Å². The number of hydrogen-bond donors (Lipinski definition) is 0. The lowest BCUT2D eigenvalue weighted by Gasteiger charge is -2.22. The van der Waals surface area contributed by atoms with Crippen LogP contribution in [-0.4, -0.2) is 0 Å². The van der Waals surface area contributed by atoms with Crippen LogP contribution < -0.4 is 0 Å². The quantitative estimate of drug-likeness (QED) is 0.197. The third kappa shape index (κ3) is 4.14. The van der Waals surface area contributed by atoms with E-state index in [9.17, 15) is 0 Å². The van der Waals surface area contributed by atoms with Crippen molar-refractivity contribution in [3.63, 3.8) is 0 Å². The van der Waals surface area contributed by atoms with Gasteiger partial charge in [-0.25, -0.2) is 0 Å². The minimum Gasteiger partial charge on any atom is -0.0616 e. The molecule has 0 bridgehead atoms. The van der Waals surface area contributed by atoms with Gasteiger partial charge in [0.2, 0.25) is 0 Å². The molecule has 45 heavy (non-hydrogen) atoms. The molecule has 0 amide bonds. The van der Waals surface area contributed by atoms with Crippen molar-refractivity contribution < 1.29 is 0 Å². The predicted octanol–water partition coefficient (Wildman–Crippen LogP) is 12.5. The van der Waals surface area contributed by atoms with Gasteiger partial charge in [-0.3, -0.25) is 0 Å². The minimum absolute atomic E-state index is 0.0727. The Kier molecular flexibility index (Phi) is 5.64. The number of hydrogen-bond acceptors (Lipinski definition) is 0. The zero-order chi connectivity index (χ0) is 30.1. The lowest BCUT2D eigenvalue weighted by Crippen LogP contribution is -2.15. The van der Waals surface area contributed by atoms with E-state index in [2.05, 4.69) is 172 Å². The zero-order valence-corrected chi connectivity index (χ0v) is 25.5. The minimum atomic E-state index is -0.0727. The molecule has 0 radical (unpaired) electrons. The van der Waals surface area contributed by atoms with Gasteiger partial charge >= 0.3 is 0 Å². The second-order valence-electron chi connectivity index (χ2n) is 13.0. The maximum absolute atomic E-state index is 2.45. The summed E-state index contributed by atoms with van der Waals surface area (Å²) in [6.45, 7) is 4.75. The van der Waals surface area contributed by atoms with Crippen molar-refractivity contribution in [1.29, 1.82) is 0 Å². The molecule has 0 nitrogen and oxygen atoms in total. The molecular formula is C45H32. The number of rotatable bonds is 3. The van der Waals surface area contributed by atoms with Gasteiger partial charge in [-0.05, 0) is 124 Å². The summed E-state index contributed by atoms with van der Waals surface area (Å²) in [5.41, 5.74) is 13.0. The molecule has 0 aromatic heterocycles. The van der Waals surface area contributed by atoms with E-state index in [-0.39, 0.29) is 5.41 Å². The molecule has 0 fully saturated rings. The Balaban J connectivity index is 1.15. The van der Waals surface area contributed by atoms with Gasteiger partial charge in [0.25, 0.3) is 0 Å². The summed E-state index contributed by atoms with van der Waals surface area (Å²) in [6, 6.07) is 58.5. The summed E-state index contributed by atoms with van der Waals surface area (Å²) in [7, 11) is 0. The van der Waals surface area contributed by atoms with Gasteiger partial charge < -0.3 is 0 Å². The van der Waals surface area contributed by atoms with Gasteiger partial charge in [0.05, 0.1) is 0 Å². The first kappa shape index (κ1) is 26.0. The molecule has 0 saturated heterocycles. The molecule has 0 heteroatoms. The Bertz CT molecular complexity index is 2440. The normalized spacial score (nSPS) is 13.3. The van der Waals surface area contributed by atoms with Gasteiger partial charge in [0.15, 0.2) is 0 Å². The third-order valence-corrected chi connectivity index (χ3v) is 10.0. The molecule has 0 spiro atoms. The average molecular weight is 573 g/mol. The first-order valence-electron chi connectivity index (χ1n) is 15.8. The van der Waals surface area contributed by atoms with Crippen LogP contribution in [0, 0.1) is 0 Å². The summed E-state index contributed by atoms with van der Waals surface area (Å²) in [5.74, 6) is 0. The summed E-state index contributed by atoms with van der Waals surface area (Å²) in [6.07, 6.45) is 0. The lowest BCUT2D eigenvalue weighted by atomic mass is 9.80. The standard InChI is InChI=1S/C45H32/c1-45(2)43-28-37(21-22-40(43)42-25-33-11-5-6-12-34(33)27-44(42)45)41-26-38(24-36-13-7-8-14-39(36)41)31-17-15-30(16-18-31)35-20-19-29-9-3-4-10-32(29)23-35/h3-28H,1-2H3. The first-order chi connectivity index (χ1) is 22.0. The molecule has 1 aliphatic rings. The van der Waals surface area contributed by atoms with Crippen LogP contribution in [0.4, 0.5) is 0 Å². The van der Waals surface area contributed by atoms with Crippen LogP contribution >= 0.6 is 0 Å². The van der Waals surface area contributed by atoms with Crippen molar-refractivity contribution in [1.82, 2.24) is 0 Å². The molecule has 8 aromatic rings. The Morgan fingerprint density at radius 2 is 0.844 bits per heavy atom. The molecule has 212 valence electrons. The molecule has 0 atom stereocenters. The van der Waals surface area contributed by atoms with E-state index in [1.807, 2.05) is 0 Å². The fourth-order valence-electron chi connectivity index (χ4n) is 7.53. The van der Waals surface area contributed by atoms with Crippen molar-refractivity contribution in [2.45, 2.75) is 19.3 Å². The summed E-state index contributed by atoms with van der Waals surface area (Å²) < 4.78 is 0. The highest BCUT2D eigenvalue weighted by atomic mass is 14.4. The predicted molar refractivity (Wildman–Crippen MR) is 193 cm³/mol. The highest BCUT2D eigenvalue weighted by molar-refractivity contribution is 6.01. The molecule has 0 heterocycles. The Hall–Kier alpha value is -5.46. The SMILES string of the molecule is CC1(C)c2cc(-c3cc(-c4ccc(-c5ccc6ccccc6c5)cc4)cc4ccccc34)ccc2-c2cc3ccccc3cc21. The van der Waals surface area contributed by atoms with Crippen molar-refractivity contribution in [3.8, 4) is 44.5 Å². The van der Waals surface area contributed by atoms with Gasteiger partial charge in [0, 0.05) is 5.41 Å². The Morgan fingerprint density at radius 3 is 1.60 bits per heavy atom. The van der Waals surface area contributed by atoms with Crippen LogP contribution in [0.25, 0.3) is 76.8 Å². The fourth-order valence-corrected chi connectivity index (χ4v) is 7.53. The molecule has 9 rings (SSSR count). The molecule has 0 aliphatic heterocycles. The maximum Gasteiger partial charge on any atom is 0.0159 e. The van der Waals surface area contributed by atoms with E-state index in [4.69, 9.17) is 0 Å². The maximum atomic E-state index is 2.45. The van der Waals surface area contributed by atoms with Gasteiger partial charge in [-0.15, -0.1) is 0 Å². The second-order valence-corrected chi connectivity index (χ2v) is 13.0. The van der Waals surface area contributed by atoms with Crippen LogP contribution in [0.15, 0.2) is 158 Å². The first-order valence-corrected chi connectivity index (χ1v) is 15.8. The second kappa shape index (κ2) is 9.78. The molecule has 1 aliphatic carbocycles. The van der Waals surface area contributed by atoms with E-state index < -0.39 is 0 Å². The van der Waals surface area contributed by atoms with Crippen LogP contribution in [0.3, 0.4) is 0 Å². The number of fused-ring (bicyclic) bond motifs is 6. The molecule has 0 saturated carbocycles. The van der Waals surface area contributed by atoms with E-state index >= 15 is 0 Å². The number of benzene rings is 8. The van der Waals surface area contributed by atoms with Gasteiger partial charge in [-0.2, -0.15) is 0 Å². The van der Waals surface area contributed by atoms with Crippen molar-refractivity contribution in [3.05, 3.63) is 169 Å². The van der Waals surface area contributed by atoms with Crippen molar-refractivity contribution >= 4 is 32.3 Å². The van der Waals surface area contributed by atoms with Crippen LogP contribution in [0.1, 0.15) is 25.0 Å². The highest BCUT2D eigenvalue weighted by Gasteiger charge is 2.36. The van der Waals surface area contributed by atoms with E-state index in [0.29, 0.717) is 0 Å². The summed E-state index contributed by atoms with van der Waals surface area (Å²) in [5, 5.41) is 7.70. The van der Waals surface area contributed by atoms with Crippen molar-refractivity contribution in [2.24, 2.45) is 0 Å². The van der Waals surface area contributed by atoms with Gasteiger partial charge in [0.1, 0.15) is 0 Å².